The number of carbonyl (C=O) groups excluding carboxylic acids is 1. The molecule has 0 atom stereocenters. The Bertz CT molecular complexity index is 1130. The molecule has 1 aromatic rings. The van der Waals surface area contributed by atoms with E-state index in [-0.39, 0.29) is 18.0 Å². The second-order valence-corrected chi connectivity index (χ2v) is 13.7. The highest BCUT2D eigenvalue weighted by molar-refractivity contribution is 7.89. The number of amides is 1. The van der Waals surface area contributed by atoms with Crippen LogP contribution >= 0.6 is 0 Å². The predicted octanol–water partition coefficient (Wildman–Crippen LogP) is 3.68. The van der Waals surface area contributed by atoms with E-state index in [2.05, 4.69) is 23.6 Å². The maximum atomic E-state index is 13.5. The van der Waals surface area contributed by atoms with E-state index >= 15 is 0 Å². The van der Waals surface area contributed by atoms with Crippen LogP contribution in [0.1, 0.15) is 50.7 Å². The number of likely N-dealkylation sites (N-methyl/N-ethyl adjacent to an activating group) is 1. The number of aryl methyl sites for hydroxylation is 2. The van der Waals surface area contributed by atoms with E-state index in [1.165, 1.54) is 14.2 Å². The SMILES string of the molecule is COc1cc(C)c(S(=O)(=O)N(C)CCOCC(=O)N(CC(F)(F)F)C2CCC(N3CCN(C(C)C)CC3)CC2)c(C)c1. The average molecular weight is 621 g/mol. The smallest absolute Gasteiger partial charge is 0.406 e. The lowest BCUT2D eigenvalue weighted by molar-refractivity contribution is -0.170. The minimum Gasteiger partial charge on any atom is -0.497 e. The first-order valence-electron chi connectivity index (χ1n) is 14.7. The third-order valence-electron chi connectivity index (χ3n) is 8.49. The van der Waals surface area contributed by atoms with Gasteiger partial charge in [0.2, 0.25) is 15.9 Å². The van der Waals surface area contributed by atoms with Crippen molar-refractivity contribution in [3.63, 3.8) is 0 Å². The zero-order valence-electron chi connectivity index (χ0n) is 25.7. The molecule has 13 heteroatoms. The Kier molecular flexibility index (Phi) is 12.1. The van der Waals surface area contributed by atoms with Crippen LogP contribution < -0.4 is 4.74 Å². The van der Waals surface area contributed by atoms with Gasteiger partial charge in [0.1, 0.15) is 18.9 Å². The summed E-state index contributed by atoms with van der Waals surface area (Å²) in [5.41, 5.74) is 1.07. The fourth-order valence-electron chi connectivity index (χ4n) is 6.11. The number of sulfonamides is 1. The van der Waals surface area contributed by atoms with Crippen LogP contribution in [-0.4, -0.2) is 124 Å². The minimum absolute atomic E-state index is 0.0605. The third-order valence-corrected chi connectivity index (χ3v) is 10.6. The molecular formula is C29H47F3N4O5S. The van der Waals surface area contributed by atoms with Gasteiger partial charge in [0.15, 0.2) is 0 Å². The largest absolute Gasteiger partial charge is 0.497 e. The van der Waals surface area contributed by atoms with Crippen LogP contribution in [0.15, 0.2) is 17.0 Å². The van der Waals surface area contributed by atoms with Gasteiger partial charge < -0.3 is 14.4 Å². The molecule has 3 rings (SSSR count). The van der Waals surface area contributed by atoms with Crippen LogP contribution in [0.3, 0.4) is 0 Å². The molecular weight excluding hydrogens is 573 g/mol. The standard InChI is InChI=1S/C29H47F3N4O5S/c1-21(2)34-11-13-35(14-12-34)24-7-9-25(10-8-24)36(20-29(30,31)32)27(37)19-41-16-15-33(5)42(38,39)28-22(3)17-26(40-6)18-23(28)4/h17-18,21,24-25H,7-16,19-20H2,1-6H3. The van der Waals surface area contributed by atoms with Crippen molar-refractivity contribution in [1.29, 1.82) is 0 Å². The summed E-state index contributed by atoms with van der Waals surface area (Å²) in [6.07, 6.45) is -2.00. The van der Waals surface area contributed by atoms with Gasteiger partial charge in [-0.05, 0) is 76.6 Å². The van der Waals surface area contributed by atoms with Crippen molar-refractivity contribution in [2.24, 2.45) is 0 Å². The molecule has 0 aromatic heterocycles. The number of benzene rings is 1. The van der Waals surface area contributed by atoms with Crippen molar-refractivity contribution in [2.75, 3.05) is 66.6 Å². The van der Waals surface area contributed by atoms with E-state index in [9.17, 15) is 26.4 Å². The van der Waals surface area contributed by atoms with E-state index in [0.717, 1.165) is 48.2 Å². The average Bonchev–Trinajstić information content (AvgIpc) is 2.92. The maximum absolute atomic E-state index is 13.5. The Morgan fingerprint density at radius 3 is 2.12 bits per heavy atom. The van der Waals surface area contributed by atoms with E-state index in [1.54, 1.807) is 26.0 Å². The lowest BCUT2D eigenvalue weighted by atomic mass is 9.88. The number of methoxy groups -OCH3 is 1. The summed E-state index contributed by atoms with van der Waals surface area (Å²) in [6.45, 7) is 9.56. The molecule has 2 fully saturated rings. The van der Waals surface area contributed by atoms with Crippen LogP contribution in [0.5, 0.6) is 5.75 Å². The lowest BCUT2D eigenvalue weighted by Crippen LogP contribution is -2.54. The van der Waals surface area contributed by atoms with Crippen LogP contribution in [-0.2, 0) is 19.6 Å². The van der Waals surface area contributed by atoms with Gasteiger partial charge in [-0.3, -0.25) is 14.6 Å². The number of ether oxygens (including phenoxy) is 2. The summed E-state index contributed by atoms with van der Waals surface area (Å²) in [6, 6.07) is 3.60. The Morgan fingerprint density at radius 1 is 1.05 bits per heavy atom. The first kappa shape index (κ1) is 34.6. The molecule has 9 nitrogen and oxygen atoms in total. The molecule has 2 aliphatic rings. The molecule has 1 heterocycles. The van der Waals surface area contributed by atoms with Crippen LogP contribution in [0.2, 0.25) is 0 Å². The number of carbonyl (C=O) groups is 1. The van der Waals surface area contributed by atoms with Crippen molar-refractivity contribution >= 4 is 15.9 Å². The molecule has 1 aliphatic carbocycles. The molecule has 240 valence electrons. The number of piperazine rings is 1. The Balaban J connectivity index is 1.53. The van der Waals surface area contributed by atoms with Crippen molar-refractivity contribution in [1.82, 2.24) is 19.0 Å². The van der Waals surface area contributed by atoms with Crippen LogP contribution in [0, 0.1) is 13.8 Å². The van der Waals surface area contributed by atoms with Gasteiger partial charge in [-0.25, -0.2) is 8.42 Å². The van der Waals surface area contributed by atoms with Gasteiger partial charge in [0, 0.05) is 57.9 Å². The van der Waals surface area contributed by atoms with Crippen molar-refractivity contribution in [3.05, 3.63) is 23.3 Å². The molecule has 0 unspecified atom stereocenters. The Morgan fingerprint density at radius 2 is 1.62 bits per heavy atom. The lowest BCUT2D eigenvalue weighted by Gasteiger charge is -2.44. The van der Waals surface area contributed by atoms with Gasteiger partial charge in [0.25, 0.3) is 0 Å². The molecule has 1 aliphatic heterocycles. The number of hydrogen-bond acceptors (Lipinski definition) is 7. The number of hydrogen-bond donors (Lipinski definition) is 0. The second-order valence-electron chi connectivity index (χ2n) is 11.7. The Hall–Kier alpha value is -1.93. The first-order chi connectivity index (χ1) is 19.6. The van der Waals surface area contributed by atoms with Crippen molar-refractivity contribution < 1.29 is 35.9 Å². The fourth-order valence-corrected chi connectivity index (χ4v) is 7.67. The van der Waals surface area contributed by atoms with E-state index in [0.29, 0.717) is 41.8 Å². The van der Waals surface area contributed by atoms with Crippen LogP contribution in [0.4, 0.5) is 13.2 Å². The van der Waals surface area contributed by atoms with Gasteiger partial charge in [-0.2, -0.15) is 17.5 Å². The molecule has 1 amide bonds. The van der Waals surface area contributed by atoms with E-state index < -0.39 is 41.3 Å². The normalized spacial score (nSPS) is 21.2. The van der Waals surface area contributed by atoms with Gasteiger partial charge >= 0.3 is 6.18 Å². The molecule has 0 spiro atoms. The zero-order valence-corrected chi connectivity index (χ0v) is 26.6. The zero-order chi connectivity index (χ0) is 31.2. The number of nitrogens with zero attached hydrogens (tertiary/aromatic N) is 4. The molecule has 1 saturated carbocycles. The monoisotopic (exact) mass is 620 g/mol. The third kappa shape index (κ3) is 9.04. The highest BCUT2D eigenvalue weighted by Crippen LogP contribution is 2.30. The molecule has 0 bridgehead atoms. The topological polar surface area (TPSA) is 82.6 Å². The molecule has 0 radical (unpaired) electrons. The molecule has 0 N–H and O–H groups in total. The molecule has 1 aromatic carbocycles. The minimum atomic E-state index is -4.53. The summed E-state index contributed by atoms with van der Waals surface area (Å²) in [7, 11) is -0.951. The number of halogens is 3. The van der Waals surface area contributed by atoms with Gasteiger partial charge in [-0.1, -0.05) is 0 Å². The summed E-state index contributed by atoms with van der Waals surface area (Å²) >= 11 is 0. The van der Waals surface area contributed by atoms with Crippen LogP contribution in [0.25, 0.3) is 0 Å². The summed E-state index contributed by atoms with van der Waals surface area (Å²) < 4.78 is 78.5. The number of rotatable bonds is 12. The fraction of sp³-hybridized carbons (Fsp3) is 0.759. The van der Waals surface area contributed by atoms with Crippen molar-refractivity contribution in [2.45, 2.75) is 82.6 Å². The maximum Gasteiger partial charge on any atom is 0.406 e. The predicted molar refractivity (Wildman–Crippen MR) is 155 cm³/mol. The first-order valence-corrected chi connectivity index (χ1v) is 16.1. The second kappa shape index (κ2) is 14.7. The highest BCUT2D eigenvalue weighted by Gasteiger charge is 2.39. The van der Waals surface area contributed by atoms with E-state index in [4.69, 9.17) is 9.47 Å². The van der Waals surface area contributed by atoms with Crippen molar-refractivity contribution in [3.8, 4) is 5.75 Å². The summed E-state index contributed by atoms with van der Waals surface area (Å²) in [5.74, 6) is -0.177. The summed E-state index contributed by atoms with van der Waals surface area (Å²) in [5, 5.41) is 0. The van der Waals surface area contributed by atoms with Gasteiger partial charge in [0.05, 0.1) is 18.6 Å². The van der Waals surface area contributed by atoms with Gasteiger partial charge in [-0.15, -0.1) is 0 Å². The quantitative estimate of drug-likeness (QED) is 0.330. The number of alkyl halides is 3. The Labute approximate surface area is 248 Å². The molecule has 1 saturated heterocycles. The van der Waals surface area contributed by atoms with E-state index in [1.807, 2.05) is 0 Å². The highest BCUT2D eigenvalue weighted by atomic mass is 32.2. The molecule has 42 heavy (non-hydrogen) atoms. The summed E-state index contributed by atoms with van der Waals surface area (Å²) in [4.78, 5) is 18.9.